The maximum Gasteiger partial charge on any atom is 0.269 e. The molecular weight excluding hydrogens is 198 g/mol. The topological polar surface area (TPSA) is 74.9 Å². The average molecular weight is 211 g/mol. The normalized spacial score (nSPS) is 26.0. The number of allylic oxidation sites excluding steroid dienone is 2. The smallest absolute Gasteiger partial charge is 0.269 e. The van der Waals surface area contributed by atoms with Crippen LogP contribution in [0.15, 0.2) is 11.5 Å². The van der Waals surface area contributed by atoms with Gasteiger partial charge in [-0.2, -0.15) is 0 Å². The van der Waals surface area contributed by atoms with Crippen molar-refractivity contribution in [1.29, 1.82) is 0 Å². The molecule has 0 N–H and O–H groups in total. The van der Waals surface area contributed by atoms with Crippen molar-refractivity contribution in [3.8, 4) is 0 Å². The summed E-state index contributed by atoms with van der Waals surface area (Å²) in [4.78, 5) is 21.7. The third kappa shape index (κ3) is 2.29. The van der Waals surface area contributed by atoms with Crippen LogP contribution in [-0.2, 0) is 19.1 Å². The van der Waals surface area contributed by atoms with Crippen LogP contribution in [0.3, 0.4) is 0 Å². The highest BCUT2D eigenvalue weighted by atomic mass is 16.5. The second-order valence-electron chi connectivity index (χ2n) is 3.41. The quantitative estimate of drug-likeness (QED) is 0.627. The molecule has 1 aliphatic rings. The van der Waals surface area contributed by atoms with E-state index in [4.69, 9.17) is 15.2 Å². The van der Waals surface area contributed by atoms with Crippen molar-refractivity contribution in [3.05, 3.63) is 11.5 Å². The molecule has 0 aliphatic heterocycles. The summed E-state index contributed by atoms with van der Waals surface area (Å²) in [5.41, 5.74) is 8.93. The first-order valence-corrected chi connectivity index (χ1v) is 4.62. The first-order valence-electron chi connectivity index (χ1n) is 4.62. The molecule has 2 radical (unpaired) electrons. The Kier molecular flexibility index (Phi) is 3.71. The third-order valence-corrected chi connectivity index (χ3v) is 2.64. The Morgan fingerprint density at radius 2 is 1.87 bits per heavy atom. The number of amides is 1. The highest BCUT2D eigenvalue weighted by Crippen LogP contribution is 2.33. The Labute approximate surface area is 88.2 Å². The molecule has 1 amide bonds. The van der Waals surface area contributed by atoms with Crippen LogP contribution in [0.25, 0.3) is 0 Å². The lowest BCUT2D eigenvalue weighted by Gasteiger charge is -2.27. The molecule has 0 spiro atoms. The van der Waals surface area contributed by atoms with Crippen LogP contribution in [0.2, 0.25) is 0 Å². The number of carbonyl (C=O) groups is 2. The number of hydrogen-bond acceptors (Lipinski definition) is 4. The molecule has 5 nitrogen and oxygen atoms in total. The summed E-state index contributed by atoms with van der Waals surface area (Å²) in [5, 5.41) is 0. The molecule has 0 aromatic carbocycles. The summed E-state index contributed by atoms with van der Waals surface area (Å²) in [5.74, 6) is -1.14. The van der Waals surface area contributed by atoms with E-state index in [1.165, 1.54) is 14.2 Å². The van der Waals surface area contributed by atoms with Gasteiger partial charge in [-0.25, -0.2) is 0 Å². The molecular formula is C10H13NO4. The Morgan fingerprint density at radius 1 is 1.33 bits per heavy atom. The van der Waals surface area contributed by atoms with Crippen LogP contribution >= 0.6 is 0 Å². The van der Waals surface area contributed by atoms with Gasteiger partial charge in [0.2, 0.25) is 0 Å². The van der Waals surface area contributed by atoms with Crippen molar-refractivity contribution in [3.63, 3.8) is 0 Å². The van der Waals surface area contributed by atoms with Crippen molar-refractivity contribution < 1.29 is 19.1 Å². The summed E-state index contributed by atoms with van der Waals surface area (Å²) in [6.45, 7) is 0. The summed E-state index contributed by atoms with van der Waals surface area (Å²) < 4.78 is 10.1. The first kappa shape index (κ1) is 11.6. The minimum Gasteiger partial charge on any atom is -0.498 e. The molecule has 0 aromatic heterocycles. The number of ether oxygens (including phenoxy) is 2. The van der Waals surface area contributed by atoms with Gasteiger partial charge in [0.15, 0.2) is 0 Å². The monoisotopic (exact) mass is 211 g/mol. The molecule has 82 valence electrons. The fraction of sp³-hybridized carbons (Fsp3) is 0.600. The van der Waals surface area contributed by atoms with E-state index < -0.39 is 17.7 Å². The van der Waals surface area contributed by atoms with Gasteiger partial charge in [-0.05, 0) is 0 Å². The van der Waals surface area contributed by atoms with E-state index >= 15 is 0 Å². The molecule has 2 atom stereocenters. The molecule has 5 heteroatoms. The summed E-state index contributed by atoms with van der Waals surface area (Å²) in [6, 6.07) is 0. The molecule has 0 bridgehead atoms. The van der Waals surface area contributed by atoms with Crippen LogP contribution in [0.4, 0.5) is 0 Å². The third-order valence-electron chi connectivity index (χ3n) is 2.64. The fourth-order valence-electron chi connectivity index (χ4n) is 1.74. The number of methoxy groups -OCH3 is 2. The van der Waals surface area contributed by atoms with Crippen molar-refractivity contribution in [2.24, 2.45) is 11.8 Å². The molecule has 0 saturated heterocycles. The molecule has 1 rings (SSSR count). The van der Waals surface area contributed by atoms with E-state index in [0.717, 1.165) is 0 Å². The zero-order valence-corrected chi connectivity index (χ0v) is 8.73. The Bertz CT molecular complexity index is 298. The van der Waals surface area contributed by atoms with Crippen molar-refractivity contribution >= 4 is 12.2 Å². The minimum absolute atomic E-state index is 0.207. The SMILES string of the molecule is COC1=C(OC)CC(C([N])=O)C(C=O)C1. The second-order valence-corrected chi connectivity index (χ2v) is 3.41. The number of aldehydes is 1. The second kappa shape index (κ2) is 4.82. The first-order chi connectivity index (χ1) is 7.13. The summed E-state index contributed by atoms with van der Waals surface area (Å²) in [7, 11) is 2.95. The van der Waals surface area contributed by atoms with E-state index in [1.54, 1.807) is 0 Å². The Morgan fingerprint density at radius 3 is 2.27 bits per heavy atom. The molecule has 0 fully saturated rings. The van der Waals surface area contributed by atoms with Gasteiger partial charge in [0.1, 0.15) is 17.8 Å². The van der Waals surface area contributed by atoms with E-state index in [9.17, 15) is 9.59 Å². The summed E-state index contributed by atoms with van der Waals surface area (Å²) >= 11 is 0. The van der Waals surface area contributed by atoms with Crippen LogP contribution < -0.4 is 5.73 Å². The van der Waals surface area contributed by atoms with E-state index in [2.05, 4.69) is 0 Å². The van der Waals surface area contributed by atoms with E-state index in [-0.39, 0.29) is 6.42 Å². The van der Waals surface area contributed by atoms with Crippen LogP contribution in [0.1, 0.15) is 12.8 Å². The van der Waals surface area contributed by atoms with Gasteiger partial charge in [-0.15, -0.1) is 5.73 Å². The van der Waals surface area contributed by atoms with Crippen LogP contribution in [-0.4, -0.2) is 26.4 Å². The van der Waals surface area contributed by atoms with Gasteiger partial charge in [-0.3, -0.25) is 4.79 Å². The van der Waals surface area contributed by atoms with Crippen molar-refractivity contribution in [2.75, 3.05) is 14.2 Å². The van der Waals surface area contributed by atoms with Crippen LogP contribution in [0.5, 0.6) is 0 Å². The van der Waals surface area contributed by atoms with Gasteiger partial charge >= 0.3 is 0 Å². The molecule has 0 heterocycles. The predicted molar refractivity (Wildman–Crippen MR) is 50.5 cm³/mol. The van der Waals surface area contributed by atoms with Gasteiger partial charge in [0.25, 0.3) is 5.91 Å². The zero-order valence-electron chi connectivity index (χ0n) is 8.73. The van der Waals surface area contributed by atoms with Gasteiger partial charge in [0.05, 0.1) is 20.1 Å². The lowest BCUT2D eigenvalue weighted by atomic mass is 9.81. The number of nitrogens with zero attached hydrogens (tertiary/aromatic N) is 1. The highest BCUT2D eigenvalue weighted by Gasteiger charge is 2.35. The van der Waals surface area contributed by atoms with Gasteiger partial charge in [-0.1, -0.05) is 0 Å². The van der Waals surface area contributed by atoms with E-state index in [1.807, 2.05) is 0 Å². The number of hydrogen-bond donors (Lipinski definition) is 0. The van der Waals surface area contributed by atoms with E-state index in [0.29, 0.717) is 24.2 Å². The minimum atomic E-state index is -0.975. The molecule has 15 heavy (non-hydrogen) atoms. The standard InChI is InChI=1S/C10H13NO4/c1-14-8-3-6(5-12)7(10(11)13)4-9(8)15-2/h5-7H,3-4H2,1-2H3. The van der Waals surface area contributed by atoms with Crippen molar-refractivity contribution in [2.45, 2.75) is 12.8 Å². The number of carbonyl (C=O) groups excluding carboxylic acids is 2. The Balaban J connectivity index is 2.94. The average Bonchev–Trinajstić information content (AvgIpc) is 2.26. The highest BCUT2D eigenvalue weighted by molar-refractivity contribution is 5.80. The molecule has 2 unspecified atom stereocenters. The lowest BCUT2D eigenvalue weighted by molar-refractivity contribution is -0.128. The van der Waals surface area contributed by atoms with Gasteiger partial charge < -0.3 is 14.3 Å². The Hall–Kier alpha value is -1.52. The lowest BCUT2D eigenvalue weighted by Crippen LogP contribution is -2.31. The maximum absolute atomic E-state index is 10.9. The molecule has 0 saturated carbocycles. The van der Waals surface area contributed by atoms with Crippen molar-refractivity contribution in [1.82, 2.24) is 5.73 Å². The largest absolute Gasteiger partial charge is 0.498 e. The maximum atomic E-state index is 10.9. The number of rotatable bonds is 4. The van der Waals surface area contributed by atoms with Gasteiger partial charge in [0, 0.05) is 18.8 Å². The fourth-order valence-corrected chi connectivity index (χ4v) is 1.74. The zero-order chi connectivity index (χ0) is 11.4. The van der Waals surface area contributed by atoms with Crippen LogP contribution in [0, 0.1) is 11.8 Å². The predicted octanol–water partition coefficient (Wildman–Crippen LogP) is 0.311. The molecule has 0 aromatic rings. The molecule has 1 aliphatic carbocycles. The summed E-state index contributed by atoms with van der Waals surface area (Å²) in [6.07, 6.45) is 1.17.